The molecule has 0 amide bonds. The second-order valence-electron chi connectivity index (χ2n) is 2.71. The molecule has 0 aliphatic heterocycles. The Morgan fingerprint density at radius 1 is 1.64 bits per heavy atom. The normalized spacial score (nSPS) is 13.0. The van der Waals surface area contributed by atoms with Crippen LogP contribution in [0.2, 0.25) is 0 Å². The van der Waals surface area contributed by atoms with Gasteiger partial charge < -0.3 is 9.40 Å². The fourth-order valence-electron chi connectivity index (χ4n) is 1.23. The van der Waals surface area contributed by atoms with Crippen LogP contribution in [0.15, 0.2) is 33.6 Å². The smallest absolute Gasteiger partial charge is 0.143 e. The molecule has 0 aliphatic rings. The SMILES string of the molecule is NNC(c1ncc[nH]1)c1occc1Br. The van der Waals surface area contributed by atoms with Gasteiger partial charge in [0.1, 0.15) is 17.6 Å². The molecule has 14 heavy (non-hydrogen) atoms. The molecule has 2 heterocycles. The number of imidazole rings is 1. The van der Waals surface area contributed by atoms with Crippen LogP contribution in [-0.2, 0) is 0 Å². The van der Waals surface area contributed by atoms with Gasteiger partial charge in [-0.05, 0) is 22.0 Å². The fourth-order valence-corrected chi connectivity index (χ4v) is 1.66. The van der Waals surface area contributed by atoms with Crippen molar-refractivity contribution in [3.63, 3.8) is 0 Å². The maximum atomic E-state index is 5.43. The van der Waals surface area contributed by atoms with E-state index < -0.39 is 0 Å². The number of aromatic amines is 1. The molecule has 0 radical (unpaired) electrons. The van der Waals surface area contributed by atoms with Crippen LogP contribution in [0.4, 0.5) is 0 Å². The first kappa shape index (κ1) is 9.45. The van der Waals surface area contributed by atoms with Gasteiger partial charge in [0, 0.05) is 12.4 Å². The molecular formula is C8H9BrN4O. The summed E-state index contributed by atoms with van der Waals surface area (Å²) in [4.78, 5) is 7.07. The third-order valence-corrected chi connectivity index (χ3v) is 2.52. The average Bonchev–Trinajstić information content (AvgIpc) is 2.80. The number of hydrogen-bond donors (Lipinski definition) is 3. The molecule has 0 aromatic carbocycles. The highest BCUT2D eigenvalue weighted by molar-refractivity contribution is 9.10. The molecule has 0 saturated carbocycles. The van der Waals surface area contributed by atoms with Crippen LogP contribution in [0.5, 0.6) is 0 Å². The topological polar surface area (TPSA) is 79.9 Å². The Kier molecular flexibility index (Phi) is 2.67. The van der Waals surface area contributed by atoms with Gasteiger partial charge in [-0.2, -0.15) is 0 Å². The number of H-pyrrole nitrogens is 1. The van der Waals surface area contributed by atoms with E-state index in [4.69, 9.17) is 10.3 Å². The molecule has 0 spiro atoms. The average molecular weight is 257 g/mol. The Morgan fingerprint density at radius 2 is 2.50 bits per heavy atom. The zero-order chi connectivity index (χ0) is 9.97. The molecule has 5 nitrogen and oxygen atoms in total. The molecule has 4 N–H and O–H groups in total. The quantitative estimate of drug-likeness (QED) is 0.572. The van der Waals surface area contributed by atoms with Crippen molar-refractivity contribution in [3.8, 4) is 0 Å². The fraction of sp³-hybridized carbons (Fsp3) is 0.125. The number of furan rings is 1. The molecular weight excluding hydrogens is 248 g/mol. The monoisotopic (exact) mass is 256 g/mol. The maximum absolute atomic E-state index is 5.43. The van der Waals surface area contributed by atoms with Crippen molar-refractivity contribution >= 4 is 15.9 Å². The first-order valence-electron chi connectivity index (χ1n) is 4.01. The minimum absolute atomic E-state index is 0.269. The van der Waals surface area contributed by atoms with E-state index in [1.807, 2.05) is 6.07 Å². The Morgan fingerprint density at radius 3 is 3.00 bits per heavy atom. The number of nitrogens with two attached hydrogens (primary N) is 1. The lowest BCUT2D eigenvalue weighted by Gasteiger charge is -2.10. The van der Waals surface area contributed by atoms with Crippen LogP contribution in [0, 0.1) is 0 Å². The van der Waals surface area contributed by atoms with Crippen LogP contribution >= 0.6 is 15.9 Å². The van der Waals surface area contributed by atoms with Crippen LogP contribution in [0.25, 0.3) is 0 Å². The number of hydrogen-bond acceptors (Lipinski definition) is 4. The van der Waals surface area contributed by atoms with Crippen molar-refractivity contribution in [2.24, 2.45) is 5.84 Å². The van der Waals surface area contributed by atoms with Gasteiger partial charge in [-0.3, -0.25) is 5.84 Å². The second kappa shape index (κ2) is 3.95. The molecule has 1 unspecified atom stereocenters. The molecule has 6 heteroatoms. The summed E-state index contributed by atoms with van der Waals surface area (Å²) in [6.45, 7) is 0. The van der Waals surface area contributed by atoms with Crippen molar-refractivity contribution in [1.29, 1.82) is 0 Å². The van der Waals surface area contributed by atoms with Gasteiger partial charge in [-0.1, -0.05) is 0 Å². The summed E-state index contributed by atoms with van der Waals surface area (Å²) in [6.07, 6.45) is 4.99. The minimum Gasteiger partial charge on any atom is -0.466 e. The van der Waals surface area contributed by atoms with Crippen molar-refractivity contribution in [1.82, 2.24) is 15.4 Å². The van der Waals surface area contributed by atoms with Crippen LogP contribution in [0.3, 0.4) is 0 Å². The van der Waals surface area contributed by atoms with Gasteiger partial charge in [0.15, 0.2) is 0 Å². The molecule has 74 valence electrons. The standard InChI is InChI=1S/C8H9BrN4O/c9-5-1-4-14-7(5)6(13-10)8-11-2-3-12-8/h1-4,6,13H,10H2,(H,11,12). The summed E-state index contributed by atoms with van der Waals surface area (Å²) in [5.41, 5.74) is 2.63. The lowest BCUT2D eigenvalue weighted by Crippen LogP contribution is -2.29. The van der Waals surface area contributed by atoms with Crippen molar-refractivity contribution < 1.29 is 4.42 Å². The summed E-state index contributed by atoms with van der Waals surface area (Å²) >= 11 is 3.36. The predicted molar refractivity (Wildman–Crippen MR) is 54.2 cm³/mol. The lowest BCUT2D eigenvalue weighted by molar-refractivity contribution is 0.440. The number of hydrazine groups is 1. The van der Waals surface area contributed by atoms with Crippen LogP contribution in [0.1, 0.15) is 17.6 Å². The van der Waals surface area contributed by atoms with E-state index in [1.165, 1.54) is 0 Å². The van der Waals surface area contributed by atoms with Gasteiger partial charge in [-0.25, -0.2) is 10.4 Å². The van der Waals surface area contributed by atoms with E-state index in [0.717, 1.165) is 4.47 Å². The van der Waals surface area contributed by atoms with Gasteiger partial charge >= 0.3 is 0 Å². The summed E-state index contributed by atoms with van der Waals surface area (Å²) in [7, 11) is 0. The largest absolute Gasteiger partial charge is 0.466 e. The van der Waals surface area contributed by atoms with E-state index in [9.17, 15) is 0 Å². The summed E-state index contributed by atoms with van der Waals surface area (Å²) in [6, 6.07) is 1.54. The van der Waals surface area contributed by atoms with Crippen molar-refractivity contribution in [2.75, 3.05) is 0 Å². The van der Waals surface area contributed by atoms with Crippen molar-refractivity contribution in [3.05, 3.63) is 40.8 Å². The Bertz CT molecular complexity index is 397. The Balaban J connectivity index is 2.36. The van der Waals surface area contributed by atoms with E-state index in [1.54, 1.807) is 18.7 Å². The number of halogens is 1. The van der Waals surface area contributed by atoms with E-state index in [2.05, 4.69) is 31.3 Å². The Hall–Kier alpha value is -1.11. The van der Waals surface area contributed by atoms with E-state index >= 15 is 0 Å². The molecule has 0 bridgehead atoms. The minimum atomic E-state index is -0.269. The van der Waals surface area contributed by atoms with E-state index in [-0.39, 0.29) is 6.04 Å². The zero-order valence-electron chi connectivity index (χ0n) is 7.20. The highest BCUT2D eigenvalue weighted by Crippen LogP contribution is 2.26. The third kappa shape index (κ3) is 1.59. The van der Waals surface area contributed by atoms with Crippen LogP contribution < -0.4 is 11.3 Å². The number of aromatic nitrogens is 2. The van der Waals surface area contributed by atoms with E-state index in [0.29, 0.717) is 11.6 Å². The highest BCUT2D eigenvalue weighted by Gasteiger charge is 2.20. The third-order valence-electron chi connectivity index (χ3n) is 1.87. The number of rotatable bonds is 3. The molecule has 2 aromatic rings. The number of nitrogens with one attached hydrogen (secondary N) is 2. The highest BCUT2D eigenvalue weighted by atomic mass is 79.9. The molecule has 0 fully saturated rings. The lowest BCUT2D eigenvalue weighted by atomic mass is 10.2. The number of nitrogens with zero attached hydrogens (tertiary/aromatic N) is 1. The molecule has 2 aromatic heterocycles. The zero-order valence-corrected chi connectivity index (χ0v) is 8.78. The molecule has 0 aliphatic carbocycles. The predicted octanol–water partition coefficient (Wildman–Crippen LogP) is 1.32. The van der Waals surface area contributed by atoms with Gasteiger partial charge in [0.05, 0.1) is 10.7 Å². The molecule has 2 rings (SSSR count). The summed E-state index contributed by atoms with van der Waals surface area (Å²) in [5.74, 6) is 6.84. The van der Waals surface area contributed by atoms with Gasteiger partial charge in [0.25, 0.3) is 0 Å². The van der Waals surface area contributed by atoms with Gasteiger partial charge in [-0.15, -0.1) is 0 Å². The summed E-state index contributed by atoms with van der Waals surface area (Å²) < 4.78 is 6.15. The maximum Gasteiger partial charge on any atom is 0.143 e. The molecule has 1 atom stereocenters. The van der Waals surface area contributed by atoms with Crippen molar-refractivity contribution in [2.45, 2.75) is 6.04 Å². The molecule has 0 saturated heterocycles. The second-order valence-corrected chi connectivity index (χ2v) is 3.56. The summed E-state index contributed by atoms with van der Waals surface area (Å²) in [5, 5.41) is 0. The Labute approximate surface area is 88.8 Å². The first-order chi connectivity index (χ1) is 6.83. The van der Waals surface area contributed by atoms with Gasteiger partial charge in [0.2, 0.25) is 0 Å². The first-order valence-corrected chi connectivity index (χ1v) is 4.80. The van der Waals surface area contributed by atoms with Crippen LogP contribution in [-0.4, -0.2) is 9.97 Å².